The van der Waals surface area contributed by atoms with E-state index in [2.05, 4.69) is 27.1 Å². The second-order valence-corrected chi connectivity index (χ2v) is 7.96. The molecule has 0 spiro atoms. The minimum atomic E-state index is -0.476. The van der Waals surface area contributed by atoms with E-state index in [1.807, 2.05) is 40.7 Å². The fourth-order valence-corrected chi connectivity index (χ4v) is 2.64. The number of guanidine groups is 1. The van der Waals surface area contributed by atoms with E-state index in [1.54, 1.807) is 23.3 Å². The van der Waals surface area contributed by atoms with Crippen molar-refractivity contribution in [3.05, 3.63) is 22.4 Å². The second-order valence-electron chi connectivity index (χ2n) is 6.93. The summed E-state index contributed by atoms with van der Waals surface area (Å²) in [5, 5.41) is 8.62. The Morgan fingerprint density at radius 3 is 2.68 bits per heavy atom. The maximum absolute atomic E-state index is 12.1. The van der Waals surface area contributed by atoms with Crippen LogP contribution < -0.4 is 10.6 Å². The average Bonchev–Trinajstić information content (AvgIpc) is 3.03. The van der Waals surface area contributed by atoms with Crippen LogP contribution >= 0.6 is 11.3 Å². The third kappa shape index (κ3) is 8.77. The second kappa shape index (κ2) is 10.3. The van der Waals surface area contributed by atoms with Gasteiger partial charge in [-0.15, -0.1) is 11.3 Å². The summed E-state index contributed by atoms with van der Waals surface area (Å²) in [6.07, 6.45) is 0.511. The Balaban J connectivity index is 2.43. The molecule has 0 saturated heterocycles. The van der Waals surface area contributed by atoms with Crippen LogP contribution in [0.4, 0.5) is 4.79 Å². The number of carbonyl (C=O) groups is 1. The molecule has 0 aliphatic heterocycles. The highest BCUT2D eigenvalue weighted by atomic mass is 32.1. The Bertz CT molecular complexity index is 538. The number of aliphatic imine (C=N–C) groups is 1. The molecular formula is C18H32N4O2S. The van der Waals surface area contributed by atoms with E-state index in [0.29, 0.717) is 6.54 Å². The maximum atomic E-state index is 12.1. The van der Waals surface area contributed by atoms with Crippen LogP contribution in [0.15, 0.2) is 22.5 Å². The summed E-state index contributed by atoms with van der Waals surface area (Å²) in [5.41, 5.74) is -0.476. The number of amides is 1. The van der Waals surface area contributed by atoms with E-state index in [-0.39, 0.29) is 12.1 Å². The third-order valence-corrected chi connectivity index (χ3v) is 4.38. The first-order valence-corrected chi connectivity index (χ1v) is 9.61. The zero-order valence-electron chi connectivity index (χ0n) is 16.3. The summed E-state index contributed by atoms with van der Waals surface area (Å²) in [6, 6.07) is 4.18. The lowest BCUT2D eigenvalue weighted by molar-refractivity contribution is 0.0230. The number of nitrogens with one attached hydrogen (secondary N) is 2. The van der Waals surface area contributed by atoms with Gasteiger partial charge in [0.1, 0.15) is 5.60 Å². The summed E-state index contributed by atoms with van der Waals surface area (Å²) in [4.78, 5) is 19.5. The molecule has 0 fully saturated rings. The van der Waals surface area contributed by atoms with Gasteiger partial charge in [0.2, 0.25) is 0 Å². The molecule has 1 heterocycles. The van der Waals surface area contributed by atoms with Crippen LogP contribution in [0, 0.1) is 0 Å². The first-order valence-electron chi connectivity index (χ1n) is 8.73. The van der Waals surface area contributed by atoms with Gasteiger partial charge in [0, 0.05) is 31.1 Å². The summed E-state index contributed by atoms with van der Waals surface area (Å²) in [6.45, 7) is 11.9. The minimum Gasteiger partial charge on any atom is -0.444 e. The predicted molar refractivity (Wildman–Crippen MR) is 105 cm³/mol. The Morgan fingerprint density at radius 1 is 1.40 bits per heavy atom. The molecule has 0 bridgehead atoms. The van der Waals surface area contributed by atoms with Crippen LogP contribution in [0.1, 0.15) is 45.9 Å². The van der Waals surface area contributed by atoms with Crippen LogP contribution in [0.25, 0.3) is 0 Å². The fraction of sp³-hybridized carbons (Fsp3) is 0.667. The maximum Gasteiger partial charge on any atom is 0.410 e. The standard InChI is InChI=1S/C18H32N4O2S/c1-7-19-16(21-13-15-9-8-12-25-15)20-11-10-14(2)22(6)17(23)24-18(3,4)5/h8-9,12,14H,7,10-11,13H2,1-6H3,(H2,19,20,21). The van der Waals surface area contributed by atoms with Gasteiger partial charge in [0.05, 0.1) is 6.54 Å². The molecule has 1 aromatic rings. The van der Waals surface area contributed by atoms with E-state index < -0.39 is 5.60 Å². The molecule has 1 rings (SSSR count). The van der Waals surface area contributed by atoms with E-state index in [0.717, 1.165) is 25.5 Å². The SMILES string of the molecule is CCNC(=NCc1cccs1)NCCC(C)N(C)C(=O)OC(C)(C)C. The van der Waals surface area contributed by atoms with Gasteiger partial charge in [-0.25, -0.2) is 9.79 Å². The van der Waals surface area contributed by atoms with Crippen molar-refractivity contribution in [2.24, 2.45) is 4.99 Å². The van der Waals surface area contributed by atoms with Crippen molar-refractivity contribution in [3.8, 4) is 0 Å². The van der Waals surface area contributed by atoms with Crippen molar-refractivity contribution < 1.29 is 9.53 Å². The van der Waals surface area contributed by atoms with Gasteiger partial charge in [0.25, 0.3) is 0 Å². The first kappa shape index (κ1) is 21.3. The molecule has 1 amide bonds. The summed E-state index contributed by atoms with van der Waals surface area (Å²) in [7, 11) is 1.77. The van der Waals surface area contributed by atoms with Crippen molar-refractivity contribution in [2.45, 2.75) is 59.2 Å². The normalized spacial score (nSPS) is 13.3. The number of thiophene rings is 1. The van der Waals surface area contributed by atoms with Gasteiger partial charge in [-0.3, -0.25) is 0 Å². The highest BCUT2D eigenvalue weighted by molar-refractivity contribution is 7.09. The number of hydrogen-bond acceptors (Lipinski definition) is 4. The number of hydrogen-bond donors (Lipinski definition) is 2. The molecule has 2 N–H and O–H groups in total. The molecule has 1 atom stereocenters. The molecule has 0 aliphatic rings. The van der Waals surface area contributed by atoms with E-state index in [9.17, 15) is 4.79 Å². The molecule has 25 heavy (non-hydrogen) atoms. The molecule has 1 unspecified atom stereocenters. The molecule has 0 aliphatic carbocycles. The highest BCUT2D eigenvalue weighted by Crippen LogP contribution is 2.12. The molecule has 0 saturated carbocycles. The van der Waals surface area contributed by atoms with Gasteiger partial charge in [-0.05, 0) is 52.5 Å². The number of rotatable bonds is 7. The fourth-order valence-electron chi connectivity index (χ4n) is 2.01. The van der Waals surface area contributed by atoms with Gasteiger partial charge in [-0.2, -0.15) is 0 Å². The quantitative estimate of drug-likeness (QED) is 0.571. The average molecular weight is 369 g/mol. The molecule has 0 radical (unpaired) electrons. The smallest absolute Gasteiger partial charge is 0.410 e. The van der Waals surface area contributed by atoms with Gasteiger partial charge in [-0.1, -0.05) is 6.07 Å². The Kier molecular flexibility index (Phi) is 8.75. The van der Waals surface area contributed by atoms with E-state index in [1.165, 1.54) is 4.88 Å². The van der Waals surface area contributed by atoms with Crippen LogP contribution in [-0.4, -0.2) is 48.7 Å². The summed E-state index contributed by atoms with van der Waals surface area (Å²) < 4.78 is 5.40. The van der Waals surface area contributed by atoms with Crippen molar-refractivity contribution in [1.29, 1.82) is 0 Å². The van der Waals surface area contributed by atoms with Crippen molar-refractivity contribution in [2.75, 3.05) is 20.1 Å². The molecule has 0 aromatic carbocycles. The van der Waals surface area contributed by atoms with Crippen molar-refractivity contribution in [1.82, 2.24) is 15.5 Å². The molecule has 6 nitrogen and oxygen atoms in total. The molecular weight excluding hydrogens is 336 g/mol. The first-order chi connectivity index (χ1) is 11.7. The lowest BCUT2D eigenvalue weighted by Crippen LogP contribution is -2.42. The number of ether oxygens (including phenoxy) is 1. The summed E-state index contributed by atoms with van der Waals surface area (Å²) >= 11 is 1.70. The van der Waals surface area contributed by atoms with Gasteiger partial charge < -0.3 is 20.3 Å². The van der Waals surface area contributed by atoms with Crippen molar-refractivity contribution in [3.63, 3.8) is 0 Å². The van der Waals surface area contributed by atoms with Crippen LogP contribution in [0.2, 0.25) is 0 Å². The summed E-state index contributed by atoms with van der Waals surface area (Å²) in [5.74, 6) is 0.794. The Hall–Kier alpha value is -1.76. The van der Waals surface area contributed by atoms with Crippen molar-refractivity contribution >= 4 is 23.4 Å². The Morgan fingerprint density at radius 2 is 2.12 bits per heavy atom. The van der Waals surface area contributed by atoms with Gasteiger partial charge >= 0.3 is 6.09 Å². The predicted octanol–water partition coefficient (Wildman–Crippen LogP) is 3.45. The zero-order valence-corrected chi connectivity index (χ0v) is 17.1. The minimum absolute atomic E-state index is 0.0718. The lowest BCUT2D eigenvalue weighted by atomic mass is 10.2. The van der Waals surface area contributed by atoms with E-state index in [4.69, 9.17) is 4.74 Å². The van der Waals surface area contributed by atoms with Gasteiger partial charge in [0.15, 0.2) is 5.96 Å². The van der Waals surface area contributed by atoms with Crippen LogP contribution in [0.5, 0.6) is 0 Å². The number of nitrogens with zero attached hydrogens (tertiary/aromatic N) is 2. The Labute approximate surface area is 155 Å². The van der Waals surface area contributed by atoms with E-state index >= 15 is 0 Å². The zero-order chi connectivity index (χ0) is 18.9. The molecule has 7 heteroatoms. The monoisotopic (exact) mass is 368 g/mol. The topological polar surface area (TPSA) is 66.0 Å². The number of carbonyl (C=O) groups excluding carboxylic acids is 1. The lowest BCUT2D eigenvalue weighted by Gasteiger charge is -2.28. The molecule has 1 aromatic heterocycles. The largest absolute Gasteiger partial charge is 0.444 e. The third-order valence-electron chi connectivity index (χ3n) is 3.51. The molecule has 142 valence electrons. The van der Waals surface area contributed by atoms with Crippen LogP contribution in [-0.2, 0) is 11.3 Å². The van der Waals surface area contributed by atoms with Crippen LogP contribution in [0.3, 0.4) is 0 Å². The highest BCUT2D eigenvalue weighted by Gasteiger charge is 2.22.